The molecule has 2 aromatic carbocycles. The van der Waals surface area contributed by atoms with Crippen molar-refractivity contribution in [2.75, 3.05) is 51.3 Å². The molecule has 0 bridgehead atoms. The maximum Gasteiger partial charge on any atom is 0.409 e. The standard InChI is InChI=1S/C25H29BrN6O5/c1-17(2)15-37-25(33)31-8-6-30(7-9-31)10-11-36-23-14-21-20(13-22(23)32(34)35)24(28-16-27-21)29-19-5-3-4-18(26)12-19/h3-5,12-14,16-17H,6-11,15H2,1-2H3,(H,27,28,29). The first kappa shape index (κ1) is 26.6. The summed E-state index contributed by atoms with van der Waals surface area (Å²) in [7, 11) is 0. The van der Waals surface area contributed by atoms with Crippen LogP contribution in [0.5, 0.6) is 5.75 Å². The van der Waals surface area contributed by atoms with E-state index < -0.39 is 4.92 Å². The van der Waals surface area contributed by atoms with Crippen molar-refractivity contribution in [2.24, 2.45) is 5.92 Å². The van der Waals surface area contributed by atoms with Gasteiger partial charge in [0.05, 0.1) is 22.4 Å². The van der Waals surface area contributed by atoms with Crippen molar-refractivity contribution < 1.29 is 19.2 Å². The number of hydrogen-bond donors (Lipinski definition) is 1. The quantitative estimate of drug-likeness (QED) is 0.283. The molecular formula is C25H29BrN6O5. The van der Waals surface area contributed by atoms with Gasteiger partial charge in [-0.3, -0.25) is 15.0 Å². The summed E-state index contributed by atoms with van der Waals surface area (Å²) in [5.41, 5.74) is 1.16. The first-order chi connectivity index (χ1) is 17.8. The van der Waals surface area contributed by atoms with Gasteiger partial charge in [-0.15, -0.1) is 0 Å². The number of aromatic nitrogens is 2. The molecule has 196 valence electrons. The molecule has 0 aliphatic carbocycles. The van der Waals surface area contributed by atoms with E-state index in [1.54, 1.807) is 11.0 Å². The number of nitro groups is 1. The van der Waals surface area contributed by atoms with Crippen LogP contribution in [-0.4, -0.2) is 76.7 Å². The summed E-state index contributed by atoms with van der Waals surface area (Å²) >= 11 is 3.43. The van der Waals surface area contributed by atoms with Gasteiger partial charge in [0, 0.05) is 55.0 Å². The van der Waals surface area contributed by atoms with Crippen LogP contribution in [0.25, 0.3) is 10.9 Å². The van der Waals surface area contributed by atoms with Crippen LogP contribution in [0, 0.1) is 16.0 Å². The third kappa shape index (κ3) is 7.04. The lowest BCUT2D eigenvalue weighted by molar-refractivity contribution is -0.385. The fourth-order valence-electron chi connectivity index (χ4n) is 3.90. The van der Waals surface area contributed by atoms with Crippen molar-refractivity contribution in [1.29, 1.82) is 0 Å². The minimum Gasteiger partial charge on any atom is -0.485 e. The molecule has 1 N–H and O–H groups in total. The summed E-state index contributed by atoms with van der Waals surface area (Å²) in [6, 6.07) is 10.5. The predicted octanol–water partition coefficient (Wildman–Crippen LogP) is 4.83. The molecule has 11 nitrogen and oxygen atoms in total. The molecule has 0 spiro atoms. The largest absolute Gasteiger partial charge is 0.485 e. The fraction of sp³-hybridized carbons (Fsp3) is 0.400. The van der Waals surface area contributed by atoms with Gasteiger partial charge in [-0.25, -0.2) is 14.8 Å². The highest BCUT2D eigenvalue weighted by atomic mass is 79.9. The lowest BCUT2D eigenvalue weighted by atomic mass is 10.2. The molecule has 1 aromatic heterocycles. The summed E-state index contributed by atoms with van der Waals surface area (Å²) < 4.78 is 12.0. The average molecular weight is 573 g/mol. The van der Waals surface area contributed by atoms with Gasteiger partial charge in [0.2, 0.25) is 0 Å². The fourth-order valence-corrected chi connectivity index (χ4v) is 4.30. The highest BCUT2D eigenvalue weighted by Gasteiger charge is 2.23. The second-order valence-corrected chi connectivity index (χ2v) is 10.0. The number of ether oxygens (including phenoxy) is 2. The van der Waals surface area contributed by atoms with E-state index in [4.69, 9.17) is 9.47 Å². The Bertz CT molecular complexity index is 1270. The molecule has 0 atom stereocenters. The lowest BCUT2D eigenvalue weighted by Gasteiger charge is -2.34. The number of halogens is 1. The number of carbonyl (C=O) groups is 1. The van der Waals surface area contributed by atoms with Crippen LogP contribution in [0.1, 0.15) is 13.8 Å². The Morgan fingerprint density at radius 3 is 2.68 bits per heavy atom. The molecule has 1 amide bonds. The van der Waals surface area contributed by atoms with Crippen LogP contribution in [0.4, 0.5) is 22.0 Å². The molecule has 12 heteroatoms. The summed E-state index contributed by atoms with van der Waals surface area (Å²) in [5, 5.41) is 15.6. The second kappa shape index (κ2) is 12.2. The molecule has 2 heterocycles. The van der Waals surface area contributed by atoms with Gasteiger partial charge >= 0.3 is 11.8 Å². The first-order valence-corrected chi connectivity index (χ1v) is 12.8. The van der Waals surface area contributed by atoms with Crippen molar-refractivity contribution in [3.8, 4) is 5.75 Å². The Labute approximate surface area is 223 Å². The van der Waals surface area contributed by atoms with E-state index in [9.17, 15) is 14.9 Å². The lowest BCUT2D eigenvalue weighted by Crippen LogP contribution is -2.49. The number of rotatable bonds is 9. The summed E-state index contributed by atoms with van der Waals surface area (Å²) in [6.07, 6.45) is 1.12. The zero-order chi connectivity index (χ0) is 26.4. The van der Waals surface area contributed by atoms with Gasteiger partial charge in [0.1, 0.15) is 18.8 Å². The van der Waals surface area contributed by atoms with E-state index in [0.29, 0.717) is 62.0 Å². The molecule has 37 heavy (non-hydrogen) atoms. The van der Waals surface area contributed by atoms with E-state index in [1.165, 1.54) is 12.4 Å². The maximum atomic E-state index is 12.1. The number of nitrogens with one attached hydrogen (secondary N) is 1. The Morgan fingerprint density at radius 1 is 1.19 bits per heavy atom. The second-order valence-electron chi connectivity index (χ2n) is 9.10. The van der Waals surface area contributed by atoms with Crippen molar-refractivity contribution >= 4 is 50.1 Å². The average Bonchev–Trinajstić information content (AvgIpc) is 2.87. The number of benzene rings is 2. The number of piperazine rings is 1. The third-order valence-corrected chi connectivity index (χ3v) is 6.33. The molecule has 0 saturated carbocycles. The normalized spacial score (nSPS) is 14.1. The van der Waals surface area contributed by atoms with E-state index in [2.05, 4.69) is 36.1 Å². The predicted molar refractivity (Wildman–Crippen MR) is 143 cm³/mol. The van der Waals surface area contributed by atoms with Gasteiger partial charge in [-0.05, 0) is 24.1 Å². The molecule has 1 aliphatic heterocycles. The van der Waals surface area contributed by atoms with Crippen LogP contribution in [-0.2, 0) is 4.74 Å². The number of nitrogens with zero attached hydrogens (tertiary/aromatic N) is 5. The zero-order valence-corrected chi connectivity index (χ0v) is 22.3. The number of amides is 1. The minimum absolute atomic E-state index is 0.153. The Kier molecular flexibility index (Phi) is 8.72. The molecular weight excluding hydrogens is 544 g/mol. The van der Waals surface area contributed by atoms with Gasteiger partial charge in [0.15, 0.2) is 5.75 Å². The van der Waals surface area contributed by atoms with Crippen molar-refractivity contribution in [3.63, 3.8) is 0 Å². The summed E-state index contributed by atoms with van der Waals surface area (Å²) in [4.78, 5) is 35.9. The summed E-state index contributed by atoms with van der Waals surface area (Å²) in [5.74, 6) is 0.908. The Hall–Kier alpha value is -3.51. The SMILES string of the molecule is CC(C)COC(=O)N1CCN(CCOc2cc3ncnc(Nc4cccc(Br)c4)c3cc2[N+](=O)[O-])CC1. The van der Waals surface area contributed by atoms with Crippen LogP contribution in [0.2, 0.25) is 0 Å². The van der Waals surface area contributed by atoms with Crippen LogP contribution < -0.4 is 10.1 Å². The Morgan fingerprint density at radius 2 is 1.97 bits per heavy atom. The van der Waals surface area contributed by atoms with E-state index >= 15 is 0 Å². The monoisotopic (exact) mass is 572 g/mol. The van der Waals surface area contributed by atoms with Gasteiger partial charge in [-0.2, -0.15) is 0 Å². The number of hydrogen-bond acceptors (Lipinski definition) is 9. The van der Waals surface area contributed by atoms with Gasteiger partial charge in [-0.1, -0.05) is 35.8 Å². The van der Waals surface area contributed by atoms with Crippen molar-refractivity contribution in [1.82, 2.24) is 19.8 Å². The maximum absolute atomic E-state index is 12.1. The molecule has 0 unspecified atom stereocenters. The van der Waals surface area contributed by atoms with E-state index in [0.717, 1.165) is 10.2 Å². The van der Waals surface area contributed by atoms with Gasteiger partial charge in [0.25, 0.3) is 0 Å². The number of fused-ring (bicyclic) bond motifs is 1. The van der Waals surface area contributed by atoms with Crippen LogP contribution >= 0.6 is 15.9 Å². The van der Waals surface area contributed by atoms with E-state index in [1.807, 2.05) is 38.1 Å². The minimum atomic E-state index is -0.466. The highest BCUT2D eigenvalue weighted by molar-refractivity contribution is 9.10. The Balaban J connectivity index is 1.39. The van der Waals surface area contributed by atoms with Crippen LogP contribution in [0.15, 0.2) is 47.2 Å². The molecule has 3 aromatic rings. The first-order valence-electron chi connectivity index (χ1n) is 12.0. The van der Waals surface area contributed by atoms with Crippen molar-refractivity contribution in [2.45, 2.75) is 13.8 Å². The van der Waals surface area contributed by atoms with Crippen molar-refractivity contribution in [3.05, 3.63) is 57.3 Å². The molecule has 1 fully saturated rings. The van der Waals surface area contributed by atoms with Crippen LogP contribution in [0.3, 0.4) is 0 Å². The number of nitro benzene ring substituents is 1. The van der Waals surface area contributed by atoms with E-state index in [-0.39, 0.29) is 24.1 Å². The summed E-state index contributed by atoms with van der Waals surface area (Å²) in [6.45, 7) is 7.73. The number of anilines is 2. The highest BCUT2D eigenvalue weighted by Crippen LogP contribution is 2.34. The molecule has 1 saturated heterocycles. The molecule has 0 radical (unpaired) electrons. The smallest absolute Gasteiger partial charge is 0.409 e. The topological polar surface area (TPSA) is 123 Å². The van der Waals surface area contributed by atoms with Gasteiger partial charge < -0.3 is 19.7 Å². The number of carbonyl (C=O) groups excluding carboxylic acids is 1. The third-order valence-electron chi connectivity index (χ3n) is 5.84. The zero-order valence-electron chi connectivity index (χ0n) is 20.7. The molecule has 1 aliphatic rings. The molecule has 4 rings (SSSR count).